The van der Waals surface area contributed by atoms with Crippen LogP contribution in [0.2, 0.25) is 0 Å². The Labute approximate surface area is 93.5 Å². The Hall–Kier alpha value is -2.04. The molecule has 0 fully saturated rings. The number of aliphatic carboxylic acids is 1. The molecule has 0 aliphatic heterocycles. The van der Waals surface area contributed by atoms with E-state index < -0.39 is 5.97 Å². The van der Waals surface area contributed by atoms with E-state index in [4.69, 9.17) is 10.8 Å². The number of hydrogen-bond acceptors (Lipinski definition) is 3. The minimum Gasteiger partial charge on any atom is -0.480 e. The molecule has 1 aromatic carbocycles. The first-order chi connectivity index (χ1) is 7.43. The predicted octanol–water partition coefficient (Wildman–Crippen LogP) is 0.734. The number of carboxylic acid groups (broad SMARTS) is 1. The normalized spacial score (nSPS) is 9.88. The van der Waals surface area contributed by atoms with Gasteiger partial charge in [0.1, 0.15) is 6.54 Å². The third-order valence-corrected chi connectivity index (χ3v) is 2.33. The van der Waals surface area contributed by atoms with Crippen molar-refractivity contribution in [2.45, 2.75) is 6.92 Å². The van der Waals surface area contributed by atoms with Crippen molar-refractivity contribution < 1.29 is 14.7 Å². The molecule has 1 amide bonds. The van der Waals surface area contributed by atoms with E-state index in [-0.39, 0.29) is 12.5 Å². The summed E-state index contributed by atoms with van der Waals surface area (Å²) >= 11 is 0. The molecule has 1 rings (SSSR count). The molecule has 16 heavy (non-hydrogen) atoms. The van der Waals surface area contributed by atoms with Crippen molar-refractivity contribution in [3.63, 3.8) is 0 Å². The molecule has 0 atom stereocenters. The SMILES string of the molecule is Cc1c(N)cccc1C(=O)N(C)CC(=O)O. The summed E-state index contributed by atoms with van der Waals surface area (Å²) in [6, 6.07) is 5.00. The number of carbonyl (C=O) groups is 2. The standard InChI is InChI=1S/C11H14N2O3/c1-7-8(4-3-5-9(7)12)11(16)13(2)6-10(14)15/h3-5H,6,12H2,1-2H3,(H,14,15). The maximum atomic E-state index is 11.9. The van der Waals surface area contributed by atoms with Gasteiger partial charge in [0.05, 0.1) is 0 Å². The molecule has 0 aliphatic rings. The Morgan fingerprint density at radius 1 is 1.44 bits per heavy atom. The van der Waals surface area contributed by atoms with E-state index in [1.54, 1.807) is 25.1 Å². The van der Waals surface area contributed by atoms with E-state index in [0.717, 1.165) is 4.90 Å². The largest absolute Gasteiger partial charge is 0.480 e. The lowest BCUT2D eigenvalue weighted by atomic mass is 10.1. The lowest BCUT2D eigenvalue weighted by Crippen LogP contribution is -2.32. The van der Waals surface area contributed by atoms with Gasteiger partial charge in [-0.2, -0.15) is 0 Å². The number of anilines is 1. The maximum Gasteiger partial charge on any atom is 0.323 e. The summed E-state index contributed by atoms with van der Waals surface area (Å²) in [5.41, 5.74) is 7.30. The molecule has 0 saturated carbocycles. The van der Waals surface area contributed by atoms with Gasteiger partial charge < -0.3 is 15.7 Å². The minimum atomic E-state index is -1.04. The maximum absolute atomic E-state index is 11.9. The van der Waals surface area contributed by atoms with Crippen LogP contribution in [0, 0.1) is 6.92 Å². The first-order valence-corrected chi connectivity index (χ1v) is 4.76. The van der Waals surface area contributed by atoms with Gasteiger partial charge in [-0.15, -0.1) is 0 Å². The quantitative estimate of drug-likeness (QED) is 0.738. The molecule has 0 unspecified atom stereocenters. The number of nitrogens with zero attached hydrogens (tertiary/aromatic N) is 1. The molecule has 5 nitrogen and oxygen atoms in total. The van der Waals surface area contributed by atoms with Gasteiger partial charge in [-0.05, 0) is 24.6 Å². The topological polar surface area (TPSA) is 83.6 Å². The molecule has 86 valence electrons. The molecule has 0 radical (unpaired) electrons. The third kappa shape index (κ3) is 2.50. The Bertz CT molecular complexity index is 429. The number of carbonyl (C=O) groups excluding carboxylic acids is 1. The van der Waals surface area contributed by atoms with Crippen molar-refractivity contribution in [3.05, 3.63) is 29.3 Å². The van der Waals surface area contributed by atoms with E-state index >= 15 is 0 Å². The molecule has 0 heterocycles. The average molecular weight is 222 g/mol. The first kappa shape index (κ1) is 12.0. The monoisotopic (exact) mass is 222 g/mol. The fourth-order valence-corrected chi connectivity index (χ4v) is 1.37. The first-order valence-electron chi connectivity index (χ1n) is 4.76. The summed E-state index contributed by atoms with van der Waals surface area (Å²) in [7, 11) is 1.44. The van der Waals surface area contributed by atoms with Gasteiger partial charge in [-0.25, -0.2) is 0 Å². The zero-order valence-electron chi connectivity index (χ0n) is 9.23. The van der Waals surface area contributed by atoms with Crippen LogP contribution in [0.3, 0.4) is 0 Å². The van der Waals surface area contributed by atoms with Crippen LogP contribution >= 0.6 is 0 Å². The van der Waals surface area contributed by atoms with Crippen LogP contribution in [0.1, 0.15) is 15.9 Å². The number of benzene rings is 1. The molecule has 0 spiro atoms. The van der Waals surface area contributed by atoms with E-state index in [9.17, 15) is 9.59 Å². The third-order valence-electron chi connectivity index (χ3n) is 2.33. The molecule has 0 bridgehead atoms. The number of nitrogen functional groups attached to an aromatic ring is 1. The molecular formula is C11H14N2O3. The number of likely N-dealkylation sites (N-methyl/N-ethyl adjacent to an activating group) is 1. The number of amides is 1. The highest BCUT2D eigenvalue weighted by Crippen LogP contribution is 2.16. The Balaban J connectivity index is 2.96. The summed E-state index contributed by atoms with van der Waals surface area (Å²) in [5, 5.41) is 8.58. The second-order valence-corrected chi connectivity index (χ2v) is 3.57. The second kappa shape index (κ2) is 4.65. The summed E-state index contributed by atoms with van der Waals surface area (Å²) in [4.78, 5) is 23.5. The van der Waals surface area contributed by atoms with Gasteiger partial charge in [-0.3, -0.25) is 9.59 Å². The minimum absolute atomic E-state index is 0.326. The van der Waals surface area contributed by atoms with Crippen LogP contribution in [-0.4, -0.2) is 35.5 Å². The van der Waals surface area contributed by atoms with Gasteiger partial charge >= 0.3 is 5.97 Å². The van der Waals surface area contributed by atoms with E-state index in [0.29, 0.717) is 16.8 Å². The molecular weight excluding hydrogens is 208 g/mol. The van der Waals surface area contributed by atoms with Crippen molar-refractivity contribution >= 4 is 17.6 Å². The summed E-state index contributed by atoms with van der Waals surface area (Å²) in [6.45, 7) is 1.41. The van der Waals surface area contributed by atoms with Crippen LogP contribution in [0.15, 0.2) is 18.2 Å². The smallest absolute Gasteiger partial charge is 0.323 e. The average Bonchev–Trinajstić information content (AvgIpc) is 2.20. The molecule has 3 N–H and O–H groups in total. The van der Waals surface area contributed by atoms with Crippen molar-refractivity contribution in [1.82, 2.24) is 4.90 Å². The van der Waals surface area contributed by atoms with Crippen LogP contribution in [-0.2, 0) is 4.79 Å². The van der Waals surface area contributed by atoms with Gasteiger partial charge in [-0.1, -0.05) is 6.07 Å². The van der Waals surface area contributed by atoms with Crippen LogP contribution in [0.5, 0.6) is 0 Å². The highest BCUT2D eigenvalue weighted by molar-refractivity contribution is 5.98. The summed E-state index contributed by atoms with van der Waals surface area (Å²) in [5.74, 6) is -1.38. The lowest BCUT2D eigenvalue weighted by molar-refractivity contribution is -0.137. The molecule has 0 saturated heterocycles. The Morgan fingerprint density at radius 3 is 2.62 bits per heavy atom. The molecule has 0 aliphatic carbocycles. The molecule has 1 aromatic rings. The zero-order valence-corrected chi connectivity index (χ0v) is 9.23. The zero-order chi connectivity index (χ0) is 12.3. The summed E-state index contributed by atoms with van der Waals surface area (Å²) in [6.07, 6.45) is 0. The number of nitrogens with two attached hydrogens (primary N) is 1. The highest BCUT2D eigenvalue weighted by atomic mass is 16.4. The highest BCUT2D eigenvalue weighted by Gasteiger charge is 2.16. The van der Waals surface area contributed by atoms with Crippen molar-refractivity contribution in [1.29, 1.82) is 0 Å². The second-order valence-electron chi connectivity index (χ2n) is 3.57. The van der Waals surface area contributed by atoms with Gasteiger partial charge in [0.15, 0.2) is 0 Å². The van der Waals surface area contributed by atoms with Crippen molar-refractivity contribution in [2.24, 2.45) is 0 Å². The predicted molar refractivity (Wildman–Crippen MR) is 60.2 cm³/mol. The molecule has 0 aromatic heterocycles. The van der Waals surface area contributed by atoms with E-state index in [1.165, 1.54) is 7.05 Å². The number of hydrogen-bond donors (Lipinski definition) is 2. The van der Waals surface area contributed by atoms with Crippen molar-refractivity contribution in [3.8, 4) is 0 Å². The summed E-state index contributed by atoms with van der Waals surface area (Å²) < 4.78 is 0. The number of carboxylic acids is 1. The fraction of sp³-hybridized carbons (Fsp3) is 0.273. The Morgan fingerprint density at radius 2 is 2.06 bits per heavy atom. The van der Waals surface area contributed by atoms with Gasteiger partial charge in [0, 0.05) is 18.3 Å². The van der Waals surface area contributed by atoms with Crippen molar-refractivity contribution in [2.75, 3.05) is 19.3 Å². The molecule has 5 heteroatoms. The van der Waals surface area contributed by atoms with Gasteiger partial charge in [0.25, 0.3) is 5.91 Å². The van der Waals surface area contributed by atoms with Gasteiger partial charge in [0.2, 0.25) is 0 Å². The fourth-order valence-electron chi connectivity index (χ4n) is 1.37. The lowest BCUT2D eigenvalue weighted by Gasteiger charge is -2.16. The van der Waals surface area contributed by atoms with Crippen LogP contribution in [0.25, 0.3) is 0 Å². The van der Waals surface area contributed by atoms with E-state index in [1.807, 2.05) is 0 Å². The number of rotatable bonds is 3. The van der Waals surface area contributed by atoms with E-state index in [2.05, 4.69) is 0 Å². The van der Waals surface area contributed by atoms with Crippen LogP contribution in [0.4, 0.5) is 5.69 Å². The Kier molecular flexibility index (Phi) is 3.50. The van der Waals surface area contributed by atoms with Crippen LogP contribution < -0.4 is 5.73 Å².